The van der Waals surface area contributed by atoms with Crippen LogP contribution in [0.15, 0.2) is 70.6 Å². The van der Waals surface area contributed by atoms with Crippen LogP contribution in [0.3, 0.4) is 0 Å². The van der Waals surface area contributed by atoms with Gasteiger partial charge in [0.1, 0.15) is 23.4 Å². The monoisotopic (exact) mass is 633 g/mol. The van der Waals surface area contributed by atoms with Crippen LogP contribution in [-0.2, 0) is 24.8 Å². The van der Waals surface area contributed by atoms with Crippen LogP contribution in [0.25, 0.3) is 5.69 Å². The van der Waals surface area contributed by atoms with Crippen molar-refractivity contribution in [1.29, 1.82) is 0 Å². The smallest absolute Gasteiger partial charge is 0.246 e. The molecule has 0 radical (unpaired) electrons. The molecule has 2 unspecified atom stereocenters. The third-order valence-corrected chi connectivity index (χ3v) is 11.9. The van der Waals surface area contributed by atoms with E-state index in [0.29, 0.717) is 50.4 Å². The maximum Gasteiger partial charge on any atom is 0.246 e. The molecule has 2 aliphatic heterocycles. The van der Waals surface area contributed by atoms with Crippen molar-refractivity contribution < 1.29 is 31.4 Å². The predicted octanol–water partition coefficient (Wildman–Crippen LogP) is 1.77. The van der Waals surface area contributed by atoms with Gasteiger partial charge in [-0.3, -0.25) is 0 Å². The number of ether oxygens (including phenoxy) is 2. The van der Waals surface area contributed by atoms with Gasteiger partial charge >= 0.3 is 0 Å². The third-order valence-electron chi connectivity index (χ3n) is 8.09. The molecule has 1 aromatic heterocycles. The number of nitrogens with zero attached hydrogens (tertiary/aromatic N) is 4. The van der Waals surface area contributed by atoms with Crippen molar-refractivity contribution in [1.82, 2.24) is 23.7 Å². The summed E-state index contributed by atoms with van der Waals surface area (Å²) in [4.78, 5) is 0.327. The van der Waals surface area contributed by atoms with Gasteiger partial charge in [0.2, 0.25) is 20.0 Å². The summed E-state index contributed by atoms with van der Waals surface area (Å²) in [7, 11) is -4.37. The van der Waals surface area contributed by atoms with Gasteiger partial charge in [0, 0.05) is 45.8 Å². The minimum atomic E-state index is -3.71. The molecule has 0 bridgehead atoms. The first kappa shape index (κ1) is 31.6. The number of benzene rings is 2. The van der Waals surface area contributed by atoms with E-state index in [4.69, 9.17) is 9.47 Å². The van der Waals surface area contributed by atoms with Gasteiger partial charge in [-0.1, -0.05) is 24.3 Å². The summed E-state index contributed by atoms with van der Waals surface area (Å²) in [6, 6.07) is 15.6. The molecule has 1 spiro atoms. The number of hydrogen-bond acceptors (Lipinski definition) is 9. The minimum Gasteiger partial charge on any atom is -0.491 e. The lowest BCUT2D eigenvalue weighted by Crippen LogP contribution is -2.47. The summed E-state index contributed by atoms with van der Waals surface area (Å²) in [5.41, 5.74) is 0.965. The van der Waals surface area contributed by atoms with E-state index < -0.39 is 31.8 Å². The van der Waals surface area contributed by atoms with E-state index in [-0.39, 0.29) is 29.0 Å². The Balaban J connectivity index is 1.10. The highest BCUT2D eigenvalue weighted by Gasteiger charge is 2.45. The van der Waals surface area contributed by atoms with Gasteiger partial charge in [-0.2, -0.15) is 9.40 Å². The van der Waals surface area contributed by atoms with Crippen LogP contribution in [0.5, 0.6) is 5.75 Å². The second kappa shape index (κ2) is 12.6. The first-order valence-corrected chi connectivity index (χ1v) is 17.1. The van der Waals surface area contributed by atoms with Crippen molar-refractivity contribution in [3.05, 3.63) is 66.5 Å². The van der Waals surface area contributed by atoms with Gasteiger partial charge in [-0.25, -0.2) is 25.8 Å². The predicted molar refractivity (Wildman–Crippen MR) is 160 cm³/mol. The van der Waals surface area contributed by atoms with Crippen LogP contribution in [0.1, 0.15) is 25.0 Å². The Kier molecular flexibility index (Phi) is 9.28. The van der Waals surface area contributed by atoms with Crippen LogP contribution in [0.2, 0.25) is 0 Å². The molecular weight excluding hydrogens is 594 g/mol. The van der Waals surface area contributed by atoms with E-state index >= 15 is 0 Å². The molecule has 2 saturated heterocycles. The molecule has 2 fully saturated rings. The van der Waals surface area contributed by atoms with Gasteiger partial charge in [0.25, 0.3) is 0 Å². The van der Waals surface area contributed by atoms with E-state index in [1.807, 2.05) is 30.3 Å². The topological polar surface area (TPSA) is 143 Å². The number of aromatic nitrogens is 2. The van der Waals surface area contributed by atoms with Crippen LogP contribution in [0.4, 0.5) is 0 Å². The molecule has 2 aromatic carbocycles. The Bertz CT molecular complexity index is 1620. The van der Waals surface area contributed by atoms with Gasteiger partial charge in [0.05, 0.1) is 34.7 Å². The highest BCUT2D eigenvalue weighted by Crippen LogP contribution is 2.37. The molecule has 43 heavy (non-hydrogen) atoms. The fraction of sp³-hybridized carbons (Fsp3) is 0.483. The second-order valence-electron chi connectivity index (χ2n) is 11.3. The van der Waals surface area contributed by atoms with Gasteiger partial charge in [-0.05, 0) is 50.5 Å². The number of aliphatic hydroxyl groups excluding tert-OH is 1. The first-order valence-electron chi connectivity index (χ1n) is 14.2. The molecule has 234 valence electrons. The molecule has 2 N–H and O–H groups in total. The molecule has 12 nitrogen and oxygen atoms in total. The lowest BCUT2D eigenvalue weighted by atomic mass is 9.88. The molecule has 2 atom stereocenters. The molecule has 3 aromatic rings. The SMILES string of the molecule is Cc1c(S(=O)(=O)N2CCC3(CC2)CC(NCC(O)COc2cccc(S(=O)(=O)N(C)C)c2)CO3)cnn1-c1ccccc1. The van der Waals surface area contributed by atoms with Gasteiger partial charge in [0.15, 0.2) is 0 Å². The maximum atomic E-state index is 13.5. The number of rotatable bonds is 11. The fourth-order valence-electron chi connectivity index (χ4n) is 5.56. The molecular formula is C29H39N5O7S2. The van der Waals surface area contributed by atoms with Crippen LogP contribution in [0, 0.1) is 6.92 Å². The summed E-state index contributed by atoms with van der Waals surface area (Å²) in [6.07, 6.45) is 2.47. The highest BCUT2D eigenvalue weighted by molar-refractivity contribution is 7.89. The zero-order valence-electron chi connectivity index (χ0n) is 24.6. The number of sulfonamides is 2. The summed E-state index contributed by atoms with van der Waals surface area (Å²) >= 11 is 0. The van der Waals surface area contributed by atoms with Crippen molar-refractivity contribution in [3.63, 3.8) is 0 Å². The van der Waals surface area contributed by atoms with Gasteiger partial charge in [-0.15, -0.1) is 0 Å². The first-order chi connectivity index (χ1) is 20.4. The summed E-state index contributed by atoms with van der Waals surface area (Å²) in [6.45, 7) is 3.19. The average molecular weight is 634 g/mol. The number of hydrogen-bond donors (Lipinski definition) is 2. The Morgan fingerprint density at radius 1 is 1.12 bits per heavy atom. The van der Waals surface area contributed by atoms with E-state index in [1.165, 1.54) is 36.7 Å². The molecule has 0 aliphatic carbocycles. The highest BCUT2D eigenvalue weighted by atomic mass is 32.2. The quantitative estimate of drug-likeness (QED) is 0.323. The second-order valence-corrected chi connectivity index (χ2v) is 15.3. The average Bonchev–Trinajstić information content (AvgIpc) is 3.59. The van der Waals surface area contributed by atoms with Crippen molar-refractivity contribution in [2.45, 2.75) is 53.7 Å². The van der Waals surface area contributed by atoms with Crippen molar-refractivity contribution in [3.8, 4) is 11.4 Å². The zero-order valence-corrected chi connectivity index (χ0v) is 26.2. The molecule has 14 heteroatoms. The van der Waals surface area contributed by atoms with Crippen LogP contribution >= 0.6 is 0 Å². The van der Waals surface area contributed by atoms with Crippen molar-refractivity contribution in [2.75, 3.05) is 46.9 Å². The standard InChI is InChI=1S/C29H39N5O7S2/c1-22-28(19-31-34(22)24-8-5-4-6-9-24)43(38,39)33-14-12-29(13-15-33)17-23(20-41-29)30-18-25(35)21-40-26-10-7-11-27(16-26)42(36,37)32(2)3/h4-11,16,19,23,25,30,35H,12-15,17-18,20-21H2,1-3H3. The lowest BCUT2D eigenvalue weighted by molar-refractivity contribution is -0.0312. The zero-order chi connectivity index (χ0) is 30.8. The van der Waals surface area contributed by atoms with E-state index in [9.17, 15) is 21.9 Å². The lowest BCUT2D eigenvalue weighted by Gasteiger charge is -2.38. The van der Waals surface area contributed by atoms with Crippen LogP contribution in [-0.4, -0.2) is 105 Å². The third kappa shape index (κ3) is 6.80. The molecule has 0 amide bonds. The molecule has 3 heterocycles. The number of piperidine rings is 1. The number of aliphatic hydroxyl groups is 1. The maximum absolute atomic E-state index is 13.5. The largest absolute Gasteiger partial charge is 0.491 e. The van der Waals surface area contributed by atoms with Crippen LogP contribution < -0.4 is 10.1 Å². The Morgan fingerprint density at radius 3 is 2.53 bits per heavy atom. The summed E-state index contributed by atoms with van der Waals surface area (Å²) in [5, 5.41) is 18.2. The normalized spacial score (nSPS) is 20.1. The Labute approximate surface area is 253 Å². The van der Waals surface area contributed by atoms with Crippen molar-refractivity contribution >= 4 is 20.0 Å². The summed E-state index contributed by atoms with van der Waals surface area (Å²) in [5.74, 6) is 0.356. The number of para-hydroxylation sites is 1. The number of nitrogens with one attached hydrogen (secondary N) is 1. The Hall–Kier alpha value is -2.85. The van der Waals surface area contributed by atoms with Gasteiger partial charge < -0.3 is 19.9 Å². The molecule has 5 rings (SSSR count). The van der Waals surface area contributed by atoms with E-state index in [1.54, 1.807) is 23.7 Å². The van der Waals surface area contributed by atoms with Crippen molar-refractivity contribution in [2.24, 2.45) is 0 Å². The molecule has 2 aliphatic rings. The summed E-state index contributed by atoms with van der Waals surface area (Å²) < 4.78 is 67.9. The minimum absolute atomic E-state index is 0.00965. The van der Waals surface area contributed by atoms with E-state index in [0.717, 1.165) is 9.99 Å². The fourth-order valence-corrected chi connectivity index (χ4v) is 8.08. The molecule has 0 saturated carbocycles. The van der Waals surface area contributed by atoms with E-state index in [2.05, 4.69) is 10.4 Å². The Morgan fingerprint density at radius 2 is 1.84 bits per heavy atom.